The van der Waals surface area contributed by atoms with E-state index in [0.717, 1.165) is 32.1 Å². The zero-order valence-electron chi connectivity index (χ0n) is 10.9. The Kier molecular flexibility index (Phi) is 3.72. The summed E-state index contributed by atoms with van der Waals surface area (Å²) < 4.78 is 0. The highest BCUT2D eigenvalue weighted by Crippen LogP contribution is 2.35. The van der Waals surface area contributed by atoms with Crippen molar-refractivity contribution in [1.29, 1.82) is 0 Å². The van der Waals surface area contributed by atoms with Crippen LogP contribution in [0.4, 0.5) is 0 Å². The van der Waals surface area contributed by atoms with Gasteiger partial charge in [0.2, 0.25) is 0 Å². The summed E-state index contributed by atoms with van der Waals surface area (Å²) in [6.45, 7) is 1.99. The van der Waals surface area contributed by atoms with Gasteiger partial charge in [0, 0.05) is 16.0 Å². The van der Waals surface area contributed by atoms with Gasteiger partial charge in [-0.3, -0.25) is 10.8 Å². The number of aromatic nitrogens is 1. The molecule has 3 aromatic rings. The van der Waals surface area contributed by atoms with E-state index in [1.54, 1.807) is 11.3 Å². The van der Waals surface area contributed by atoms with Gasteiger partial charge in [0.1, 0.15) is 0 Å². The number of benzene rings is 1. The number of nitrogens with zero attached hydrogens (tertiary/aromatic N) is 1. The van der Waals surface area contributed by atoms with Crippen molar-refractivity contribution >= 4 is 33.8 Å². The lowest BCUT2D eigenvalue weighted by atomic mass is 10.00. The van der Waals surface area contributed by atoms with Crippen molar-refractivity contribution in [2.75, 3.05) is 0 Å². The lowest BCUT2D eigenvalue weighted by Gasteiger charge is -2.18. The zero-order chi connectivity index (χ0) is 14.1. The van der Waals surface area contributed by atoms with E-state index in [-0.39, 0.29) is 6.04 Å². The number of nitrogens with one attached hydrogen (secondary N) is 1. The fraction of sp³-hybridized carbons (Fsp3) is 0.133. The average molecular weight is 304 g/mol. The molecule has 3 nitrogen and oxygen atoms in total. The Balaban J connectivity index is 2.24. The first-order valence-corrected chi connectivity index (χ1v) is 7.52. The summed E-state index contributed by atoms with van der Waals surface area (Å²) in [5, 5.41) is 3.79. The highest BCUT2D eigenvalue weighted by atomic mass is 35.5. The summed E-state index contributed by atoms with van der Waals surface area (Å²) in [5.74, 6) is 5.78. The second-order valence-corrected chi connectivity index (χ2v) is 5.96. The number of rotatable bonds is 3. The van der Waals surface area contributed by atoms with E-state index in [2.05, 4.69) is 22.5 Å². The van der Waals surface area contributed by atoms with Crippen LogP contribution in [0.25, 0.3) is 10.9 Å². The van der Waals surface area contributed by atoms with Gasteiger partial charge in [0.15, 0.2) is 0 Å². The lowest BCUT2D eigenvalue weighted by molar-refractivity contribution is 0.650. The first-order chi connectivity index (χ1) is 9.70. The van der Waals surface area contributed by atoms with Crippen LogP contribution in [-0.2, 0) is 0 Å². The Hall–Kier alpha value is -1.46. The van der Waals surface area contributed by atoms with Gasteiger partial charge in [-0.2, -0.15) is 0 Å². The van der Waals surface area contributed by atoms with Gasteiger partial charge >= 0.3 is 0 Å². The first kappa shape index (κ1) is 13.5. The van der Waals surface area contributed by atoms with E-state index < -0.39 is 0 Å². The molecule has 0 radical (unpaired) electrons. The number of thiophene rings is 1. The smallest absolute Gasteiger partial charge is 0.0824 e. The minimum Gasteiger partial charge on any atom is -0.271 e. The molecule has 20 heavy (non-hydrogen) atoms. The van der Waals surface area contributed by atoms with Crippen LogP contribution in [0.15, 0.2) is 41.8 Å². The predicted molar refractivity (Wildman–Crippen MR) is 85.0 cm³/mol. The molecule has 0 spiro atoms. The van der Waals surface area contributed by atoms with Crippen molar-refractivity contribution in [3.63, 3.8) is 0 Å². The van der Waals surface area contributed by atoms with Gasteiger partial charge < -0.3 is 0 Å². The van der Waals surface area contributed by atoms with Crippen molar-refractivity contribution in [2.45, 2.75) is 13.0 Å². The standard InChI is InChI=1S/C15H14ClN3S/c1-9-8-11(10-4-2-3-5-13(10)18-9)14(19-17)15-12(16)6-7-20-15/h2-8,14,19H,17H2,1H3. The Morgan fingerprint density at radius 3 is 2.80 bits per heavy atom. The molecule has 0 aliphatic rings. The fourth-order valence-corrected chi connectivity index (χ4v) is 3.64. The van der Waals surface area contributed by atoms with Crippen LogP contribution in [0.5, 0.6) is 0 Å². The molecule has 0 fully saturated rings. The van der Waals surface area contributed by atoms with E-state index in [1.807, 2.05) is 36.6 Å². The van der Waals surface area contributed by atoms with E-state index in [4.69, 9.17) is 17.4 Å². The van der Waals surface area contributed by atoms with Gasteiger partial charge in [0.25, 0.3) is 0 Å². The summed E-state index contributed by atoms with van der Waals surface area (Å²) in [7, 11) is 0. The molecule has 0 saturated heterocycles. The second kappa shape index (κ2) is 5.50. The van der Waals surface area contributed by atoms with Crippen molar-refractivity contribution in [1.82, 2.24) is 10.4 Å². The Bertz CT molecular complexity index is 754. The van der Waals surface area contributed by atoms with E-state index >= 15 is 0 Å². The number of aryl methyl sites for hydroxylation is 1. The molecule has 2 heterocycles. The molecule has 1 atom stereocenters. The summed E-state index contributed by atoms with van der Waals surface area (Å²) >= 11 is 7.85. The van der Waals surface area contributed by atoms with Crippen molar-refractivity contribution in [2.24, 2.45) is 5.84 Å². The van der Waals surface area contributed by atoms with Gasteiger partial charge in [-0.25, -0.2) is 5.43 Å². The van der Waals surface area contributed by atoms with Crippen molar-refractivity contribution < 1.29 is 0 Å². The van der Waals surface area contributed by atoms with Gasteiger partial charge in [-0.05, 0) is 36.1 Å². The summed E-state index contributed by atoms with van der Waals surface area (Å²) in [4.78, 5) is 5.58. The average Bonchev–Trinajstić information content (AvgIpc) is 2.86. The topological polar surface area (TPSA) is 50.9 Å². The minimum atomic E-state index is -0.130. The maximum absolute atomic E-state index is 6.25. The van der Waals surface area contributed by atoms with Gasteiger partial charge in [-0.1, -0.05) is 29.8 Å². The summed E-state index contributed by atoms with van der Waals surface area (Å²) in [6.07, 6.45) is 0. The molecule has 0 saturated carbocycles. The molecule has 2 aromatic heterocycles. The van der Waals surface area contributed by atoms with E-state index in [1.165, 1.54) is 0 Å². The second-order valence-electron chi connectivity index (χ2n) is 4.60. The maximum Gasteiger partial charge on any atom is 0.0824 e. The monoisotopic (exact) mass is 303 g/mol. The fourth-order valence-electron chi connectivity index (χ4n) is 2.40. The van der Waals surface area contributed by atoms with Crippen molar-refractivity contribution in [3.8, 4) is 0 Å². The molecular weight excluding hydrogens is 290 g/mol. The number of fused-ring (bicyclic) bond motifs is 1. The third kappa shape index (κ3) is 2.31. The summed E-state index contributed by atoms with van der Waals surface area (Å²) in [6, 6.07) is 11.9. The number of nitrogens with two attached hydrogens (primary N) is 1. The Morgan fingerprint density at radius 2 is 2.10 bits per heavy atom. The van der Waals surface area contributed by atoms with Crippen LogP contribution in [0.3, 0.4) is 0 Å². The number of halogens is 1. The quantitative estimate of drug-likeness (QED) is 0.571. The highest BCUT2D eigenvalue weighted by Gasteiger charge is 2.20. The number of hydrogen-bond donors (Lipinski definition) is 2. The molecule has 3 N–H and O–H groups in total. The molecule has 3 rings (SSSR count). The molecule has 0 amide bonds. The Morgan fingerprint density at radius 1 is 1.30 bits per heavy atom. The normalized spacial score (nSPS) is 12.8. The summed E-state index contributed by atoms with van der Waals surface area (Å²) in [5.41, 5.74) is 5.91. The molecule has 1 aromatic carbocycles. The Labute approximate surface area is 126 Å². The largest absolute Gasteiger partial charge is 0.271 e. The lowest BCUT2D eigenvalue weighted by Crippen LogP contribution is -2.28. The first-order valence-electron chi connectivity index (χ1n) is 6.26. The molecule has 0 aliphatic heterocycles. The van der Waals surface area contributed by atoms with E-state index in [9.17, 15) is 0 Å². The predicted octanol–water partition coefficient (Wildman–Crippen LogP) is 3.81. The van der Waals surface area contributed by atoms with Crippen LogP contribution in [-0.4, -0.2) is 4.98 Å². The zero-order valence-corrected chi connectivity index (χ0v) is 12.5. The number of para-hydroxylation sites is 1. The van der Waals surface area contributed by atoms with Crippen LogP contribution < -0.4 is 11.3 Å². The highest BCUT2D eigenvalue weighted by molar-refractivity contribution is 7.10. The molecule has 1 unspecified atom stereocenters. The van der Waals surface area contributed by atoms with Crippen molar-refractivity contribution in [3.05, 3.63) is 62.9 Å². The minimum absolute atomic E-state index is 0.130. The molecule has 5 heteroatoms. The number of pyridine rings is 1. The number of hydrogen-bond acceptors (Lipinski definition) is 4. The van der Waals surface area contributed by atoms with Crippen LogP contribution in [0.2, 0.25) is 5.02 Å². The number of hydrazine groups is 1. The van der Waals surface area contributed by atoms with Gasteiger partial charge in [0.05, 0.1) is 16.6 Å². The van der Waals surface area contributed by atoms with Gasteiger partial charge in [-0.15, -0.1) is 11.3 Å². The molecule has 0 aliphatic carbocycles. The maximum atomic E-state index is 6.25. The molecule has 102 valence electrons. The van der Waals surface area contributed by atoms with E-state index in [0.29, 0.717) is 0 Å². The third-order valence-electron chi connectivity index (χ3n) is 3.26. The molecule has 0 bridgehead atoms. The third-order valence-corrected chi connectivity index (χ3v) is 4.68. The van der Waals surface area contributed by atoms with Crippen LogP contribution >= 0.6 is 22.9 Å². The SMILES string of the molecule is Cc1cc(C(NN)c2sccc2Cl)c2ccccc2n1. The van der Waals surface area contributed by atoms with Crippen LogP contribution in [0, 0.1) is 6.92 Å². The van der Waals surface area contributed by atoms with Crippen LogP contribution in [0.1, 0.15) is 22.2 Å². The molecular formula is C15H14ClN3S.